The van der Waals surface area contributed by atoms with Gasteiger partial charge in [-0.1, -0.05) is 27.5 Å². The fourth-order valence-electron chi connectivity index (χ4n) is 1.70. The van der Waals surface area contributed by atoms with E-state index < -0.39 is 0 Å². The third kappa shape index (κ3) is 2.06. The van der Waals surface area contributed by atoms with E-state index in [9.17, 15) is 0 Å². The Balaban J connectivity index is 2.47. The summed E-state index contributed by atoms with van der Waals surface area (Å²) < 4.78 is 1.13. The van der Waals surface area contributed by atoms with Gasteiger partial charge in [-0.2, -0.15) is 0 Å². The van der Waals surface area contributed by atoms with E-state index in [2.05, 4.69) is 27.3 Å². The average molecular weight is 261 g/mol. The van der Waals surface area contributed by atoms with Gasteiger partial charge in [0.1, 0.15) is 0 Å². The van der Waals surface area contributed by atoms with Gasteiger partial charge in [0.05, 0.1) is 0 Å². The Morgan fingerprint density at radius 2 is 2.23 bits per heavy atom. The lowest BCUT2D eigenvalue weighted by Gasteiger charge is -2.08. The number of aryl methyl sites for hydroxylation is 1. The van der Waals surface area contributed by atoms with Gasteiger partial charge in [0.15, 0.2) is 0 Å². The van der Waals surface area contributed by atoms with Crippen LogP contribution in [0.5, 0.6) is 0 Å². The van der Waals surface area contributed by atoms with Crippen molar-refractivity contribution in [3.8, 4) is 0 Å². The summed E-state index contributed by atoms with van der Waals surface area (Å²) in [5, 5.41) is 4.22. The molecule has 1 aromatic carbocycles. The van der Waals surface area contributed by atoms with Gasteiger partial charge in [-0.25, -0.2) is 0 Å². The third-order valence-corrected chi connectivity index (χ3v) is 3.28. The summed E-state index contributed by atoms with van der Waals surface area (Å²) in [6, 6.07) is 4.04. The van der Waals surface area contributed by atoms with Crippen LogP contribution in [0, 0.1) is 0 Å². The Bertz CT molecular complexity index is 325. The summed E-state index contributed by atoms with van der Waals surface area (Å²) in [7, 11) is 0. The Kier molecular flexibility index (Phi) is 2.92. The minimum atomic E-state index is 0.826. The van der Waals surface area contributed by atoms with Crippen LogP contribution in [-0.2, 0) is 13.0 Å². The van der Waals surface area contributed by atoms with Crippen molar-refractivity contribution in [2.75, 3.05) is 6.54 Å². The second kappa shape index (κ2) is 3.99. The molecular formula is C10H11BrClN. The van der Waals surface area contributed by atoms with E-state index in [1.807, 2.05) is 6.07 Å². The topological polar surface area (TPSA) is 12.0 Å². The molecule has 3 heteroatoms. The Morgan fingerprint density at radius 1 is 1.38 bits per heavy atom. The highest BCUT2D eigenvalue weighted by atomic mass is 79.9. The van der Waals surface area contributed by atoms with Gasteiger partial charge in [-0.05, 0) is 42.6 Å². The van der Waals surface area contributed by atoms with Gasteiger partial charge >= 0.3 is 0 Å². The van der Waals surface area contributed by atoms with Crippen molar-refractivity contribution in [1.29, 1.82) is 0 Å². The minimum Gasteiger partial charge on any atom is -0.313 e. The first-order chi connectivity index (χ1) is 6.27. The molecule has 0 aromatic heterocycles. The van der Waals surface area contributed by atoms with Crippen molar-refractivity contribution in [1.82, 2.24) is 5.32 Å². The van der Waals surface area contributed by atoms with Crippen LogP contribution < -0.4 is 5.32 Å². The van der Waals surface area contributed by atoms with Crippen LogP contribution in [0.3, 0.4) is 0 Å². The van der Waals surface area contributed by atoms with Crippen molar-refractivity contribution >= 4 is 27.5 Å². The number of halogens is 2. The number of hydrogen-bond donors (Lipinski definition) is 1. The molecule has 0 atom stereocenters. The van der Waals surface area contributed by atoms with Crippen molar-refractivity contribution < 1.29 is 0 Å². The van der Waals surface area contributed by atoms with Crippen LogP contribution in [-0.4, -0.2) is 6.54 Å². The molecule has 0 aliphatic carbocycles. The predicted molar refractivity (Wildman–Crippen MR) is 59.2 cm³/mol. The van der Waals surface area contributed by atoms with E-state index in [4.69, 9.17) is 11.6 Å². The van der Waals surface area contributed by atoms with Crippen molar-refractivity contribution in [2.24, 2.45) is 0 Å². The van der Waals surface area contributed by atoms with Crippen LogP contribution in [0.2, 0.25) is 5.02 Å². The zero-order chi connectivity index (χ0) is 9.26. The first-order valence-corrected chi connectivity index (χ1v) is 5.62. The standard InChI is InChI=1S/C10H11BrClN/c11-10-5-8(12)4-7-2-1-3-13-6-9(7)10/h4-5,13H,1-3,6H2. The smallest absolute Gasteiger partial charge is 0.0420 e. The molecule has 13 heavy (non-hydrogen) atoms. The molecule has 1 heterocycles. The molecule has 0 fully saturated rings. The van der Waals surface area contributed by atoms with E-state index in [0.29, 0.717) is 0 Å². The highest BCUT2D eigenvalue weighted by molar-refractivity contribution is 9.10. The zero-order valence-electron chi connectivity index (χ0n) is 7.24. The minimum absolute atomic E-state index is 0.826. The maximum absolute atomic E-state index is 5.98. The van der Waals surface area contributed by atoms with Crippen molar-refractivity contribution in [3.05, 3.63) is 32.8 Å². The van der Waals surface area contributed by atoms with Crippen LogP contribution in [0.4, 0.5) is 0 Å². The quantitative estimate of drug-likeness (QED) is 0.756. The summed E-state index contributed by atoms with van der Waals surface area (Å²) in [6.07, 6.45) is 2.32. The molecule has 0 radical (unpaired) electrons. The number of hydrogen-bond acceptors (Lipinski definition) is 1. The van der Waals surface area contributed by atoms with Crippen LogP contribution >= 0.6 is 27.5 Å². The summed E-state index contributed by atoms with van der Waals surface area (Å²) in [4.78, 5) is 0. The molecule has 1 aliphatic rings. The fraction of sp³-hybridized carbons (Fsp3) is 0.400. The summed E-state index contributed by atoms with van der Waals surface area (Å²) in [6.45, 7) is 2.05. The molecule has 0 unspecified atom stereocenters. The second-order valence-electron chi connectivity index (χ2n) is 3.31. The maximum Gasteiger partial charge on any atom is 0.0420 e. The lowest BCUT2D eigenvalue weighted by Crippen LogP contribution is -2.12. The van der Waals surface area contributed by atoms with Crippen LogP contribution in [0.1, 0.15) is 17.5 Å². The second-order valence-corrected chi connectivity index (χ2v) is 4.60. The van der Waals surface area contributed by atoms with E-state index >= 15 is 0 Å². The third-order valence-electron chi connectivity index (χ3n) is 2.35. The highest BCUT2D eigenvalue weighted by Gasteiger charge is 2.11. The molecule has 1 nitrogen and oxygen atoms in total. The molecule has 1 aromatic rings. The molecule has 0 saturated heterocycles. The first kappa shape index (κ1) is 9.50. The number of rotatable bonds is 0. The first-order valence-electron chi connectivity index (χ1n) is 4.45. The molecule has 0 spiro atoms. The Hall–Kier alpha value is -0.0500. The molecule has 0 amide bonds. The van der Waals surface area contributed by atoms with E-state index in [1.54, 1.807) is 0 Å². The normalized spacial score (nSPS) is 16.5. The SMILES string of the molecule is Clc1cc(Br)c2c(c1)CCCNC2. The average Bonchev–Trinajstić information content (AvgIpc) is 2.28. The maximum atomic E-state index is 5.98. The number of benzene rings is 1. The van der Waals surface area contributed by atoms with Gasteiger partial charge in [0, 0.05) is 16.0 Å². The van der Waals surface area contributed by atoms with Crippen LogP contribution in [0.25, 0.3) is 0 Å². The molecule has 2 rings (SSSR count). The largest absolute Gasteiger partial charge is 0.313 e. The van der Waals surface area contributed by atoms with E-state index in [0.717, 1.165) is 29.0 Å². The molecule has 1 aliphatic heterocycles. The van der Waals surface area contributed by atoms with E-state index in [-0.39, 0.29) is 0 Å². The van der Waals surface area contributed by atoms with Gasteiger partial charge in [0.2, 0.25) is 0 Å². The van der Waals surface area contributed by atoms with Crippen LogP contribution in [0.15, 0.2) is 16.6 Å². The predicted octanol–water partition coefficient (Wildman–Crippen LogP) is 3.14. The molecule has 70 valence electrons. The summed E-state index contributed by atoms with van der Waals surface area (Å²) in [5.41, 5.74) is 2.74. The number of fused-ring (bicyclic) bond motifs is 1. The van der Waals surface area contributed by atoms with Crippen molar-refractivity contribution in [2.45, 2.75) is 19.4 Å². The summed E-state index contributed by atoms with van der Waals surface area (Å²) >= 11 is 9.53. The summed E-state index contributed by atoms with van der Waals surface area (Å²) in [5.74, 6) is 0. The Labute approximate surface area is 91.6 Å². The van der Waals surface area contributed by atoms with Crippen molar-refractivity contribution in [3.63, 3.8) is 0 Å². The lowest BCUT2D eigenvalue weighted by atomic mass is 10.0. The molecule has 0 saturated carbocycles. The monoisotopic (exact) mass is 259 g/mol. The number of nitrogens with one attached hydrogen (secondary N) is 1. The highest BCUT2D eigenvalue weighted by Crippen LogP contribution is 2.27. The fourth-order valence-corrected chi connectivity index (χ4v) is 2.71. The zero-order valence-corrected chi connectivity index (χ0v) is 9.58. The van der Waals surface area contributed by atoms with Gasteiger partial charge < -0.3 is 5.32 Å². The van der Waals surface area contributed by atoms with Gasteiger partial charge in [-0.15, -0.1) is 0 Å². The molecule has 1 N–H and O–H groups in total. The lowest BCUT2D eigenvalue weighted by molar-refractivity contribution is 0.680. The Morgan fingerprint density at radius 3 is 3.08 bits per heavy atom. The molecule has 0 bridgehead atoms. The van der Waals surface area contributed by atoms with Gasteiger partial charge in [-0.3, -0.25) is 0 Å². The van der Waals surface area contributed by atoms with Gasteiger partial charge in [0.25, 0.3) is 0 Å². The van der Waals surface area contributed by atoms with E-state index in [1.165, 1.54) is 17.5 Å². The molecular weight excluding hydrogens is 249 g/mol.